The Morgan fingerprint density at radius 1 is 1.44 bits per heavy atom. The van der Waals surface area contributed by atoms with E-state index in [1.165, 1.54) is 0 Å². The van der Waals surface area contributed by atoms with Crippen LogP contribution in [0.1, 0.15) is 40.0 Å². The first-order valence-electron chi connectivity index (χ1n) is 5.49. The molecular formula is C11H19NO4. The molecule has 1 aliphatic rings. The molecule has 0 aromatic heterocycles. The molecule has 1 rings (SSSR count). The van der Waals surface area contributed by atoms with Crippen LogP contribution in [0.2, 0.25) is 0 Å². The maximum atomic E-state index is 11.8. The highest BCUT2D eigenvalue weighted by Crippen LogP contribution is 2.20. The molecule has 2 atom stereocenters. The van der Waals surface area contributed by atoms with Crippen LogP contribution in [0.5, 0.6) is 0 Å². The van der Waals surface area contributed by atoms with E-state index in [1.807, 2.05) is 6.92 Å². The fraction of sp³-hybridized carbons (Fsp3) is 0.818. The van der Waals surface area contributed by atoms with Crippen molar-refractivity contribution in [2.75, 3.05) is 0 Å². The summed E-state index contributed by atoms with van der Waals surface area (Å²) in [5.41, 5.74) is -0.738. The third-order valence-corrected chi connectivity index (χ3v) is 2.58. The van der Waals surface area contributed by atoms with Crippen LogP contribution in [0.25, 0.3) is 0 Å². The van der Waals surface area contributed by atoms with E-state index in [0.29, 0.717) is 6.42 Å². The van der Waals surface area contributed by atoms with Crippen LogP contribution in [-0.2, 0) is 14.3 Å². The molecule has 1 aliphatic heterocycles. The van der Waals surface area contributed by atoms with Gasteiger partial charge in [-0.25, -0.2) is 0 Å². The van der Waals surface area contributed by atoms with E-state index in [4.69, 9.17) is 9.84 Å². The number of amides is 1. The summed E-state index contributed by atoms with van der Waals surface area (Å²) < 4.78 is 5.41. The standard InChI is InChI=1S/C11H19NO4/c1-7-4-5-8(16-7)10(15)12-11(2,3)6-9(13)14/h7-8H,4-6H2,1-3H3,(H,12,15)(H,13,14). The SMILES string of the molecule is CC1CCC(C(=O)NC(C)(C)CC(=O)O)O1. The van der Waals surface area contributed by atoms with Crippen LogP contribution >= 0.6 is 0 Å². The maximum Gasteiger partial charge on any atom is 0.305 e. The Morgan fingerprint density at radius 3 is 2.50 bits per heavy atom. The quantitative estimate of drug-likeness (QED) is 0.751. The maximum absolute atomic E-state index is 11.8. The van der Waals surface area contributed by atoms with Crippen molar-refractivity contribution in [1.82, 2.24) is 5.32 Å². The summed E-state index contributed by atoms with van der Waals surface area (Å²) in [5, 5.41) is 11.4. The van der Waals surface area contributed by atoms with Gasteiger partial charge in [0.15, 0.2) is 0 Å². The van der Waals surface area contributed by atoms with Crippen LogP contribution in [0, 0.1) is 0 Å². The van der Waals surface area contributed by atoms with Crippen molar-refractivity contribution in [1.29, 1.82) is 0 Å². The van der Waals surface area contributed by atoms with Gasteiger partial charge in [0.05, 0.1) is 12.5 Å². The minimum Gasteiger partial charge on any atom is -0.481 e. The summed E-state index contributed by atoms with van der Waals surface area (Å²) in [4.78, 5) is 22.3. The number of ether oxygens (including phenoxy) is 1. The van der Waals surface area contributed by atoms with Crippen LogP contribution in [0.3, 0.4) is 0 Å². The Balaban J connectivity index is 2.47. The van der Waals surface area contributed by atoms with Crippen molar-refractivity contribution < 1.29 is 19.4 Å². The third kappa shape index (κ3) is 3.81. The second kappa shape index (κ2) is 4.82. The van der Waals surface area contributed by atoms with Crippen LogP contribution in [0.4, 0.5) is 0 Å². The highest BCUT2D eigenvalue weighted by atomic mass is 16.5. The van der Waals surface area contributed by atoms with Gasteiger partial charge in [0.2, 0.25) is 5.91 Å². The lowest BCUT2D eigenvalue weighted by atomic mass is 10.00. The van der Waals surface area contributed by atoms with Gasteiger partial charge in [0.25, 0.3) is 0 Å². The van der Waals surface area contributed by atoms with Crippen LogP contribution in [-0.4, -0.2) is 34.7 Å². The summed E-state index contributed by atoms with van der Waals surface area (Å²) in [5.74, 6) is -1.14. The van der Waals surface area contributed by atoms with Gasteiger partial charge in [0.1, 0.15) is 6.10 Å². The molecule has 1 amide bonds. The number of carbonyl (C=O) groups excluding carboxylic acids is 1. The van der Waals surface area contributed by atoms with E-state index in [0.717, 1.165) is 6.42 Å². The Bertz CT molecular complexity index is 288. The third-order valence-electron chi connectivity index (χ3n) is 2.58. The number of hydrogen-bond acceptors (Lipinski definition) is 3. The van der Waals surface area contributed by atoms with Gasteiger partial charge in [-0.1, -0.05) is 0 Å². The van der Waals surface area contributed by atoms with E-state index in [1.54, 1.807) is 13.8 Å². The molecule has 1 saturated heterocycles. The molecule has 0 saturated carbocycles. The highest BCUT2D eigenvalue weighted by Gasteiger charge is 2.32. The zero-order chi connectivity index (χ0) is 12.3. The lowest BCUT2D eigenvalue weighted by molar-refractivity contribution is -0.139. The smallest absolute Gasteiger partial charge is 0.305 e. The van der Waals surface area contributed by atoms with Crippen molar-refractivity contribution in [2.24, 2.45) is 0 Å². The van der Waals surface area contributed by atoms with E-state index < -0.39 is 17.6 Å². The van der Waals surface area contributed by atoms with Crippen LogP contribution < -0.4 is 5.32 Å². The first-order valence-corrected chi connectivity index (χ1v) is 5.49. The zero-order valence-corrected chi connectivity index (χ0v) is 9.95. The predicted octanol–water partition coefficient (Wildman–Crippen LogP) is 0.923. The summed E-state index contributed by atoms with van der Waals surface area (Å²) in [6.07, 6.45) is 1.16. The molecule has 92 valence electrons. The van der Waals surface area contributed by atoms with Crippen molar-refractivity contribution in [3.05, 3.63) is 0 Å². The predicted molar refractivity (Wildman–Crippen MR) is 58.0 cm³/mol. The Kier molecular flexibility index (Phi) is 3.91. The molecule has 0 aromatic rings. The number of hydrogen-bond donors (Lipinski definition) is 2. The highest BCUT2D eigenvalue weighted by molar-refractivity contribution is 5.82. The molecular weight excluding hydrogens is 210 g/mol. The van der Waals surface area contributed by atoms with Crippen molar-refractivity contribution in [3.8, 4) is 0 Å². The lowest BCUT2D eigenvalue weighted by Crippen LogP contribution is -2.48. The number of carboxylic acid groups (broad SMARTS) is 1. The number of aliphatic carboxylic acids is 1. The normalized spacial score (nSPS) is 25.4. The second-order valence-corrected chi connectivity index (χ2v) is 4.96. The van der Waals surface area contributed by atoms with E-state index >= 15 is 0 Å². The molecule has 0 spiro atoms. The topological polar surface area (TPSA) is 75.6 Å². The Labute approximate surface area is 95.2 Å². The molecule has 5 nitrogen and oxygen atoms in total. The van der Waals surface area contributed by atoms with Gasteiger partial charge < -0.3 is 15.2 Å². The minimum atomic E-state index is -0.925. The molecule has 16 heavy (non-hydrogen) atoms. The summed E-state index contributed by atoms with van der Waals surface area (Å²) >= 11 is 0. The molecule has 1 fully saturated rings. The zero-order valence-electron chi connectivity index (χ0n) is 9.95. The second-order valence-electron chi connectivity index (χ2n) is 4.96. The fourth-order valence-electron chi connectivity index (χ4n) is 1.83. The number of carboxylic acids is 1. The average Bonchev–Trinajstić information content (AvgIpc) is 2.47. The molecule has 2 N–H and O–H groups in total. The lowest BCUT2D eigenvalue weighted by Gasteiger charge is -2.26. The number of rotatable bonds is 4. The van der Waals surface area contributed by atoms with Gasteiger partial charge in [-0.3, -0.25) is 9.59 Å². The van der Waals surface area contributed by atoms with Gasteiger partial charge in [0, 0.05) is 5.54 Å². The number of carbonyl (C=O) groups is 2. The van der Waals surface area contributed by atoms with Crippen molar-refractivity contribution in [3.63, 3.8) is 0 Å². The summed E-state index contributed by atoms with van der Waals surface area (Å²) in [6, 6.07) is 0. The molecule has 1 heterocycles. The summed E-state index contributed by atoms with van der Waals surface area (Å²) in [6.45, 7) is 5.31. The van der Waals surface area contributed by atoms with E-state index in [-0.39, 0.29) is 18.4 Å². The van der Waals surface area contributed by atoms with Gasteiger partial charge in [-0.05, 0) is 33.6 Å². The molecule has 0 aromatic carbocycles. The first-order chi connectivity index (χ1) is 7.30. The molecule has 5 heteroatoms. The minimum absolute atomic E-state index is 0.0962. The first kappa shape index (κ1) is 13.0. The molecule has 0 aliphatic carbocycles. The van der Waals surface area contributed by atoms with Gasteiger partial charge in [-0.2, -0.15) is 0 Å². The average molecular weight is 229 g/mol. The van der Waals surface area contributed by atoms with Crippen molar-refractivity contribution in [2.45, 2.75) is 57.8 Å². The van der Waals surface area contributed by atoms with Crippen molar-refractivity contribution >= 4 is 11.9 Å². The van der Waals surface area contributed by atoms with Gasteiger partial charge in [-0.15, -0.1) is 0 Å². The number of nitrogens with one attached hydrogen (secondary N) is 1. The van der Waals surface area contributed by atoms with Crippen LogP contribution in [0.15, 0.2) is 0 Å². The molecule has 2 unspecified atom stereocenters. The van der Waals surface area contributed by atoms with E-state index in [2.05, 4.69) is 5.32 Å². The van der Waals surface area contributed by atoms with E-state index in [9.17, 15) is 9.59 Å². The Hall–Kier alpha value is -1.10. The fourth-order valence-corrected chi connectivity index (χ4v) is 1.83. The largest absolute Gasteiger partial charge is 0.481 e. The molecule has 0 radical (unpaired) electrons. The molecule has 0 bridgehead atoms. The van der Waals surface area contributed by atoms with Gasteiger partial charge >= 0.3 is 5.97 Å². The Morgan fingerprint density at radius 2 is 2.06 bits per heavy atom. The monoisotopic (exact) mass is 229 g/mol. The summed E-state index contributed by atoms with van der Waals surface area (Å²) in [7, 11) is 0.